The lowest BCUT2D eigenvalue weighted by Gasteiger charge is -2.30. The number of benzene rings is 1. The van der Waals surface area contributed by atoms with Gasteiger partial charge in [0.2, 0.25) is 23.2 Å². The average Bonchev–Trinajstić information content (AvgIpc) is 3.26. The summed E-state index contributed by atoms with van der Waals surface area (Å²) >= 11 is 0. The molecule has 1 aromatic carbocycles. The lowest BCUT2D eigenvalue weighted by atomic mass is 9.85. The minimum absolute atomic E-state index is 0.0985. The normalized spacial score (nSPS) is 26.7. The van der Waals surface area contributed by atoms with Crippen molar-refractivity contribution < 1.29 is 29.6 Å². The van der Waals surface area contributed by atoms with E-state index in [1.807, 2.05) is 0 Å². The standard InChI is InChI=1S/C18H19N5O6/c1-28-15-11-14(21-17(19)22-15)23(8-20-11)16-18(27,13(26)10(7-24)29-16)12(25)9-5-3-2-4-6-9/h2-6,8,10,13,16,24,26-27H,7H2,1H3,(H2,19,21,22)/t10-,13-,16-,18+/m1/s1. The third kappa shape index (κ3) is 2.83. The number of carbonyl (C=O) groups excluding carboxylic acids is 1. The molecule has 0 saturated carbocycles. The van der Waals surface area contributed by atoms with E-state index in [1.54, 1.807) is 18.2 Å². The molecule has 29 heavy (non-hydrogen) atoms. The molecule has 1 saturated heterocycles. The second kappa shape index (κ2) is 7.04. The number of imidazole rings is 1. The Morgan fingerprint density at radius 3 is 2.72 bits per heavy atom. The summed E-state index contributed by atoms with van der Waals surface area (Å²) in [7, 11) is 1.38. The zero-order chi connectivity index (χ0) is 20.8. The van der Waals surface area contributed by atoms with E-state index in [0.717, 1.165) is 0 Å². The number of hydrogen-bond donors (Lipinski definition) is 4. The van der Waals surface area contributed by atoms with Crippen LogP contribution in [-0.4, -0.2) is 72.1 Å². The maximum Gasteiger partial charge on any atom is 0.246 e. The maximum absolute atomic E-state index is 13.2. The van der Waals surface area contributed by atoms with Gasteiger partial charge >= 0.3 is 0 Å². The second-order valence-corrected chi connectivity index (χ2v) is 6.59. The predicted octanol–water partition coefficient (Wildman–Crippen LogP) is -0.718. The minimum Gasteiger partial charge on any atom is -0.479 e. The number of aliphatic hydroxyl groups excluding tert-OH is 2. The van der Waals surface area contributed by atoms with Gasteiger partial charge in [0.05, 0.1) is 20.0 Å². The van der Waals surface area contributed by atoms with Crippen LogP contribution in [0.5, 0.6) is 5.88 Å². The van der Waals surface area contributed by atoms with E-state index >= 15 is 0 Å². The summed E-state index contributed by atoms with van der Waals surface area (Å²) in [5, 5.41) is 31.6. The van der Waals surface area contributed by atoms with Gasteiger partial charge in [0, 0.05) is 5.56 Å². The van der Waals surface area contributed by atoms with Crippen molar-refractivity contribution in [1.29, 1.82) is 0 Å². The highest BCUT2D eigenvalue weighted by atomic mass is 16.6. The number of hydrogen-bond acceptors (Lipinski definition) is 10. The molecule has 0 amide bonds. The molecule has 2 aromatic heterocycles. The maximum atomic E-state index is 13.2. The molecule has 0 aliphatic carbocycles. The molecule has 5 N–H and O–H groups in total. The fraction of sp³-hybridized carbons (Fsp3) is 0.333. The summed E-state index contributed by atoms with van der Waals surface area (Å²) < 4.78 is 12.1. The summed E-state index contributed by atoms with van der Waals surface area (Å²) in [5.74, 6) is -0.796. The van der Waals surface area contributed by atoms with Crippen molar-refractivity contribution >= 4 is 22.9 Å². The summed E-state index contributed by atoms with van der Waals surface area (Å²) in [4.78, 5) is 25.4. The van der Waals surface area contributed by atoms with Gasteiger partial charge < -0.3 is 30.5 Å². The highest BCUT2D eigenvalue weighted by Gasteiger charge is 2.61. The SMILES string of the molecule is COc1nc(N)nc2c1ncn2[C@@H]1O[C@H](CO)[C@@H](O)[C@@]1(O)C(=O)c1ccccc1. The van der Waals surface area contributed by atoms with Gasteiger partial charge in [-0.15, -0.1) is 0 Å². The van der Waals surface area contributed by atoms with Crippen LogP contribution in [-0.2, 0) is 4.74 Å². The lowest BCUT2D eigenvalue weighted by molar-refractivity contribution is -0.0822. The Labute approximate surface area is 164 Å². The summed E-state index contributed by atoms with van der Waals surface area (Å²) in [6.45, 7) is -0.616. The quantitative estimate of drug-likeness (QED) is 0.401. The number of ketones is 1. The van der Waals surface area contributed by atoms with E-state index in [2.05, 4.69) is 15.0 Å². The van der Waals surface area contributed by atoms with Gasteiger partial charge in [-0.1, -0.05) is 30.3 Å². The third-order valence-electron chi connectivity index (χ3n) is 4.92. The molecule has 1 fully saturated rings. The van der Waals surface area contributed by atoms with Crippen molar-refractivity contribution in [2.24, 2.45) is 0 Å². The molecule has 1 aliphatic heterocycles. The van der Waals surface area contributed by atoms with Gasteiger partial charge in [-0.05, 0) is 0 Å². The van der Waals surface area contributed by atoms with Crippen LogP contribution in [0.25, 0.3) is 11.2 Å². The van der Waals surface area contributed by atoms with Crippen LogP contribution in [0.4, 0.5) is 5.95 Å². The van der Waals surface area contributed by atoms with Crippen LogP contribution in [0.2, 0.25) is 0 Å². The summed E-state index contributed by atoms with van der Waals surface area (Å²) in [5.41, 5.74) is 3.82. The molecule has 0 bridgehead atoms. The van der Waals surface area contributed by atoms with E-state index in [4.69, 9.17) is 15.2 Å². The Morgan fingerprint density at radius 1 is 1.34 bits per heavy atom. The van der Waals surface area contributed by atoms with E-state index in [0.29, 0.717) is 0 Å². The first-order chi connectivity index (χ1) is 13.9. The number of aliphatic hydroxyl groups is 3. The molecule has 0 radical (unpaired) electrons. The Balaban J connectivity index is 1.88. The van der Waals surface area contributed by atoms with Crippen molar-refractivity contribution in [3.63, 3.8) is 0 Å². The number of fused-ring (bicyclic) bond motifs is 1. The smallest absolute Gasteiger partial charge is 0.246 e. The van der Waals surface area contributed by atoms with Gasteiger partial charge in [-0.2, -0.15) is 9.97 Å². The van der Waals surface area contributed by atoms with E-state index in [-0.39, 0.29) is 28.6 Å². The number of rotatable bonds is 5. The fourth-order valence-electron chi connectivity index (χ4n) is 3.48. The molecule has 4 atom stereocenters. The Kier molecular flexibility index (Phi) is 4.67. The molecule has 0 spiro atoms. The zero-order valence-corrected chi connectivity index (χ0v) is 15.3. The Bertz CT molecular complexity index is 1060. The summed E-state index contributed by atoms with van der Waals surface area (Å²) in [6.07, 6.45) is -3.09. The molecule has 152 valence electrons. The molecule has 3 aromatic rings. The second-order valence-electron chi connectivity index (χ2n) is 6.59. The van der Waals surface area contributed by atoms with Gasteiger partial charge in [0.1, 0.15) is 12.2 Å². The third-order valence-corrected chi connectivity index (χ3v) is 4.92. The molecule has 3 heterocycles. The van der Waals surface area contributed by atoms with Gasteiger partial charge in [-0.3, -0.25) is 9.36 Å². The van der Waals surface area contributed by atoms with Crippen LogP contribution in [0.3, 0.4) is 0 Å². The van der Waals surface area contributed by atoms with E-state index in [9.17, 15) is 20.1 Å². The first-order valence-electron chi connectivity index (χ1n) is 8.72. The van der Waals surface area contributed by atoms with Gasteiger partial charge in [0.15, 0.2) is 17.4 Å². The molecule has 11 heteroatoms. The largest absolute Gasteiger partial charge is 0.479 e. The first-order valence-corrected chi connectivity index (χ1v) is 8.72. The highest BCUT2D eigenvalue weighted by molar-refractivity contribution is 6.03. The van der Waals surface area contributed by atoms with E-state index < -0.39 is 36.4 Å². The topological polar surface area (TPSA) is 166 Å². The Hall–Kier alpha value is -3.12. The number of Topliss-reactive ketones (excluding diaryl/α,β-unsaturated/α-hetero) is 1. The number of nitrogens with zero attached hydrogens (tertiary/aromatic N) is 4. The van der Waals surface area contributed by atoms with Crippen LogP contribution in [0.1, 0.15) is 16.6 Å². The van der Waals surface area contributed by atoms with Gasteiger partial charge in [0.25, 0.3) is 0 Å². The van der Waals surface area contributed by atoms with Crippen molar-refractivity contribution in [1.82, 2.24) is 19.5 Å². The van der Waals surface area contributed by atoms with E-state index in [1.165, 1.54) is 30.1 Å². The molecule has 4 rings (SSSR count). The number of anilines is 1. The first kappa shape index (κ1) is 19.2. The highest BCUT2D eigenvalue weighted by Crippen LogP contribution is 2.42. The number of carbonyl (C=O) groups is 1. The predicted molar refractivity (Wildman–Crippen MR) is 99.0 cm³/mol. The monoisotopic (exact) mass is 401 g/mol. The van der Waals surface area contributed by atoms with Crippen LogP contribution >= 0.6 is 0 Å². The number of methoxy groups -OCH3 is 1. The molecule has 0 unspecified atom stereocenters. The van der Waals surface area contributed by atoms with Crippen LogP contribution in [0.15, 0.2) is 36.7 Å². The zero-order valence-electron chi connectivity index (χ0n) is 15.3. The Morgan fingerprint density at radius 2 is 2.07 bits per heavy atom. The molecule has 11 nitrogen and oxygen atoms in total. The number of ether oxygens (including phenoxy) is 2. The van der Waals surface area contributed by atoms with Crippen molar-refractivity contribution in [3.05, 3.63) is 42.2 Å². The van der Waals surface area contributed by atoms with Gasteiger partial charge in [-0.25, -0.2) is 4.98 Å². The number of aromatic nitrogens is 4. The van der Waals surface area contributed by atoms with Crippen LogP contribution in [0, 0.1) is 0 Å². The molecule has 1 aliphatic rings. The molecular formula is C18H19N5O6. The number of nitrogen functional groups attached to an aromatic ring is 1. The minimum atomic E-state index is -2.42. The fourth-order valence-corrected chi connectivity index (χ4v) is 3.48. The average molecular weight is 401 g/mol. The molecular weight excluding hydrogens is 382 g/mol. The van der Waals surface area contributed by atoms with Crippen molar-refractivity contribution in [2.75, 3.05) is 19.5 Å². The summed E-state index contributed by atoms with van der Waals surface area (Å²) in [6, 6.07) is 7.98. The number of nitrogens with two attached hydrogens (primary N) is 1. The lowest BCUT2D eigenvalue weighted by Crippen LogP contribution is -2.53. The van der Waals surface area contributed by atoms with Crippen molar-refractivity contribution in [2.45, 2.75) is 24.0 Å². The van der Waals surface area contributed by atoms with Crippen molar-refractivity contribution in [3.8, 4) is 5.88 Å². The van der Waals surface area contributed by atoms with Crippen LogP contribution < -0.4 is 10.5 Å².